The van der Waals surface area contributed by atoms with Crippen molar-refractivity contribution in [3.05, 3.63) is 89.2 Å². The molecular weight excluding hydrogens is 496 g/mol. The molecule has 0 saturated carbocycles. The maximum absolute atomic E-state index is 12.9. The van der Waals surface area contributed by atoms with Gasteiger partial charge in [0, 0.05) is 27.6 Å². The zero-order valence-electron chi connectivity index (χ0n) is 16.3. The van der Waals surface area contributed by atoms with Crippen molar-refractivity contribution >= 4 is 54.0 Å². The summed E-state index contributed by atoms with van der Waals surface area (Å²) in [6, 6.07) is 17.3. The molecule has 1 aromatic heterocycles. The highest BCUT2D eigenvalue weighted by molar-refractivity contribution is 9.10. The fraction of sp³-hybridized carbons (Fsp3) is 0. The van der Waals surface area contributed by atoms with Crippen LogP contribution in [0.1, 0.15) is 10.4 Å². The minimum absolute atomic E-state index is 0.0607. The number of nitrogens with zero attached hydrogens (tertiary/aromatic N) is 3. The SMILES string of the molecule is O=C(N=Nc1cc(NS(=O)(=O)c2ccc(Br)cc2)c2ccccc2c1O)c1cccnc1. The van der Waals surface area contributed by atoms with Crippen LogP contribution in [0.2, 0.25) is 0 Å². The van der Waals surface area contributed by atoms with Crippen molar-refractivity contribution in [3.8, 4) is 5.75 Å². The van der Waals surface area contributed by atoms with Crippen LogP contribution < -0.4 is 4.72 Å². The summed E-state index contributed by atoms with van der Waals surface area (Å²) in [4.78, 5) is 16.1. The van der Waals surface area contributed by atoms with Gasteiger partial charge >= 0.3 is 0 Å². The lowest BCUT2D eigenvalue weighted by Gasteiger charge is -2.13. The second kappa shape index (κ2) is 8.85. The van der Waals surface area contributed by atoms with Crippen LogP contribution in [0.4, 0.5) is 11.4 Å². The Labute approximate surface area is 191 Å². The highest BCUT2D eigenvalue weighted by Crippen LogP contribution is 2.40. The molecule has 160 valence electrons. The number of phenolic OH excluding ortho intramolecular Hbond substituents is 1. The van der Waals surface area contributed by atoms with Crippen molar-refractivity contribution in [1.29, 1.82) is 0 Å². The quantitative estimate of drug-likeness (QED) is 0.274. The van der Waals surface area contributed by atoms with Crippen LogP contribution in [0.25, 0.3) is 10.8 Å². The van der Waals surface area contributed by atoms with Crippen molar-refractivity contribution < 1.29 is 18.3 Å². The number of benzene rings is 3. The van der Waals surface area contributed by atoms with Crippen LogP contribution in [0.15, 0.2) is 98.7 Å². The molecule has 0 spiro atoms. The number of hydrogen-bond acceptors (Lipinski definition) is 6. The molecule has 1 amide bonds. The fourth-order valence-corrected chi connectivity index (χ4v) is 4.30. The van der Waals surface area contributed by atoms with Gasteiger partial charge in [0.25, 0.3) is 15.9 Å². The first-order chi connectivity index (χ1) is 15.3. The van der Waals surface area contributed by atoms with Crippen molar-refractivity contribution in [2.24, 2.45) is 10.2 Å². The topological polar surface area (TPSA) is 121 Å². The van der Waals surface area contributed by atoms with Gasteiger partial charge in [0.15, 0.2) is 5.75 Å². The van der Waals surface area contributed by atoms with E-state index < -0.39 is 15.9 Å². The lowest BCUT2D eigenvalue weighted by atomic mass is 10.1. The Bertz CT molecular complexity index is 1440. The molecule has 0 atom stereocenters. The molecule has 0 aliphatic heterocycles. The van der Waals surface area contributed by atoms with Gasteiger partial charge in [-0.25, -0.2) is 8.42 Å². The van der Waals surface area contributed by atoms with E-state index in [1.165, 1.54) is 36.7 Å². The number of pyridine rings is 1. The summed E-state index contributed by atoms with van der Waals surface area (Å²) in [5.74, 6) is -0.877. The summed E-state index contributed by atoms with van der Waals surface area (Å²) in [5, 5.41) is 19.0. The number of rotatable bonds is 5. The number of aromatic nitrogens is 1. The molecule has 3 aromatic carbocycles. The van der Waals surface area contributed by atoms with E-state index in [0.29, 0.717) is 10.8 Å². The molecule has 4 rings (SSSR count). The smallest absolute Gasteiger partial charge is 0.296 e. The van der Waals surface area contributed by atoms with E-state index in [-0.39, 0.29) is 27.6 Å². The number of carbonyl (C=O) groups excluding carboxylic acids is 1. The van der Waals surface area contributed by atoms with E-state index in [4.69, 9.17) is 0 Å². The summed E-state index contributed by atoms with van der Waals surface area (Å²) in [7, 11) is -3.93. The van der Waals surface area contributed by atoms with Crippen LogP contribution in [0.3, 0.4) is 0 Å². The number of amides is 1. The number of fused-ring (bicyclic) bond motifs is 1. The number of hydrogen-bond donors (Lipinski definition) is 2. The molecule has 8 nitrogen and oxygen atoms in total. The van der Waals surface area contributed by atoms with Gasteiger partial charge in [-0.1, -0.05) is 40.2 Å². The molecule has 0 radical (unpaired) electrons. The Morgan fingerprint density at radius 1 is 1.00 bits per heavy atom. The summed E-state index contributed by atoms with van der Waals surface area (Å²) >= 11 is 3.28. The third-order valence-electron chi connectivity index (χ3n) is 4.52. The molecule has 32 heavy (non-hydrogen) atoms. The first-order valence-electron chi connectivity index (χ1n) is 9.24. The largest absolute Gasteiger partial charge is 0.505 e. The molecule has 0 aliphatic carbocycles. The Kier molecular flexibility index (Phi) is 5.97. The molecule has 1 heterocycles. The minimum Gasteiger partial charge on any atom is -0.505 e. The Hall–Kier alpha value is -3.63. The maximum atomic E-state index is 12.9. The number of carbonyl (C=O) groups is 1. The van der Waals surface area contributed by atoms with Crippen LogP contribution >= 0.6 is 15.9 Å². The van der Waals surface area contributed by atoms with Crippen molar-refractivity contribution in [3.63, 3.8) is 0 Å². The van der Waals surface area contributed by atoms with E-state index in [1.807, 2.05) is 0 Å². The average Bonchev–Trinajstić information content (AvgIpc) is 2.80. The highest BCUT2D eigenvalue weighted by atomic mass is 79.9. The van der Waals surface area contributed by atoms with Gasteiger partial charge in [-0.2, -0.15) is 0 Å². The number of nitrogens with one attached hydrogen (secondary N) is 1. The van der Waals surface area contributed by atoms with Crippen LogP contribution in [-0.2, 0) is 10.0 Å². The van der Waals surface area contributed by atoms with E-state index in [1.54, 1.807) is 42.5 Å². The van der Waals surface area contributed by atoms with Gasteiger partial charge in [0.1, 0.15) is 5.69 Å². The van der Waals surface area contributed by atoms with Crippen LogP contribution in [0, 0.1) is 0 Å². The van der Waals surface area contributed by atoms with Crippen molar-refractivity contribution in [2.45, 2.75) is 4.90 Å². The standard InChI is InChI=1S/C22H15BrN4O4S/c23-15-7-9-16(10-8-15)32(30,31)27-19-12-20(21(28)18-6-2-1-5-17(18)19)25-26-22(29)14-4-3-11-24-13-14/h1-13,27-28H. The molecule has 4 aromatic rings. The second-order valence-corrected chi connectivity index (χ2v) is 9.24. The van der Waals surface area contributed by atoms with Gasteiger partial charge in [-0.05, 0) is 42.5 Å². The van der Waals surface area contributed by atoms with Crippen LogP contribution in [0.5, 0.6) is 5.75 Å². The average molecular weight is 511 g/mol. The van der Waals surface area contributed by atoms with E-state index in [2.05, 4.69) is 35.9 Å². The van der Waals surface area contributed by atoms with Gasteiger partial charge in [0.05, 0.1) is 16.1 Å². The summed E-state index contributed by atoms with van der Waals surface area (Å²) < 4.78 is 29.1. The lowest BCUT2D eigenvalue weighted by molar-refractivity contribution is 0.0994. The van der Waals surface area contributed by atoms with E-state index in [0.717, 1.165) is 4.47 Å². The first-order valence-corrected chi connectivity index (χ1v) is 11.5. The predicted molar refractivity (Wildman–Crippen MR) is 124 cm³/mol. The monoisotopic (exact) mass is 510 g/mol. The fourth-order valence-electron chi connectivity index (χ4n) is 2.97. The molecule has 0 aliphatic rings. The molecule has 0 unspecified atom stereocenters. The minimum atomic E-state index is -3.93. The summed E-state index contributed by atoms with van der Waals surface area (Å²) in [6.45, 7) is 0. The normalized spacial score (nSPS) is 11.7. The number of sulfonamides is 1. The number of aromatic hydroxyl groups is 1. The van der Waals surface area contributed by atoms with Gasteiger partial charge in [-0.15, -0.1) is 10.2 Å². The molecule has 10 heteroatoms. The highest BCUT2D eigenvalue weighted by Gasteiger charge is 2.18. The first kappa shape index (κ1) is 21.6. The predicted octanol–water partition coefficient (Wildman–Crippen LogP) is 5.43. The van der Waals surface area contributed by atoms with E-state index in [9.17, 15) is 18.3 Å². The van der Waals surface area contributed by atoms with Crippen molar-refractivity contribution in [2.75, 3.05) is 4.72 Å². The summed E-state index contributed by atoms with van der Waals surface area (Å²) in [6.07, 6.45) is 2.87. The Balaban J connectivity index is 1.76. The van der Waals surface area contributed by atoms with Crippen molar-refractivity contribution in [1.82, 2.24) is 4.98 Å². The third-order valence-corrected chi connectivity index (χ3v) is 6.43. The third kappa shape index (κ3) is 4.51. The summed E-state index contributed by atoms with van der Waals surface area (Å²) in [5.41, 5.74) is 0.353. The number of phenols is 1. The zero-order chi connectivity index (χ0) is 22.7. The zero-order valence-corrected chi connectivity index (χ0v) is 18.7. The molecule has 0 bridgehead atoms. The number of azo groups is 1. The molecule has 0 fully saturated rings. The second-order valence-electron chi connectivity index (χ2n) is 6.64. The number of anilines is 1. The van der Waals surface area contributed by atoms with Gasteiger partial charge in [0.2, 0.25) is 0 Å². The lowest BCUT2D eigenvalue weighted by Crippen LogP contribution is -2.13. The number of halogens is 1. The van der Waals surface area contributed by atoms with Gasteiger partial charge in [-0.3, -0.25) is 14.5 Å². The molecule has 0 saturated heterocycles. The molecular formula is C22H15BrN4O4S. The van der Waals surface area contributed by atoms with Gasteiger partial charge < -0.3 is 5.11 Å². The van der Waals surface area contributed by atoms with E-state index >= 15 is 0 Å². The maximum Gasteiger partial charge on any atom is 0.296 e. The molecule has 2 N–H and O–H groups in total. The Morgan fingerprint density at radius 3 is 2.41 bits per heavy atom. The Morgan fingerprint density at radius 2 is 1.72 bits per heavy atom. The van der Waals surface area contributed by atoms with Crippen LogP contribution in [-0.4, -0.2) is 24.4 Å².